The molecule has 1 fully saturated rings. The van der Waals surface area contributed by atoms with Crippen LogP contribution in [-0.4, -0.2) is 17.7 Å². The first-order valence-electron chi connectivity index (χ1n) is 7.74. The second kappa shape index (κ2) is 5.88. The second-order valence-corrected chi connectivity index (χ2v) is 6.87. The Kier molecular flexibility index (Phi) is 4.12. The average molecular weight is 309 g/mol. The zero-order valence-corrected chi connectivity index (χ0v) is 12.9. The highest BCUT2D eigenvalue weighted by Crippen LogP contribution is 2.46. The molecule has 1 aliphatic carbocycles. The summed E-state index contributed by atoms with van der Waals surface area (Å²) in [5.41, 5.74) is 2.31. The fraction of sp³-hybridized carbons (Fsp3) is 0.588. The molecule has 0 unspecified atom stereocenters. The van der Waals surface area contributed by atoms with Crippen molar-refractivity contribution in [2.45, 2.75) is 51.4 Å². The zero-order valence-electron chi connectivity index (χ0n) is 12.2. The molecule has 0 saturated heterocycles. The Morgan fingerprint density at radius 3 is 2.81 bits per heavy atom. The van der Waals surface area contributed by atoms with Crippen LogP contribution in [0.15, 0.2) is 12.1 Å². The van der Waals surface area contributed by atoms with Gasteiger partial charge in [-0.3, -0.25) is 4.79 Å². The van der Waals surface area contributed by atoms with Crippen molar-refractivity contribution in [3.8, 4) is 5.75 Å². The standard InChI is InChI=1S/C17H21ClO3/c18-14-9-12(16-13(10-14)4-8-21-16)3-7-17(11-15(19)20)5-1-2-6-17/h9-10H,1-8,11H2,(H,19,20). The molecule has 3 nitrogen and oxygen atoms in total. The lowest BCUT2D eigenvalue weighted by molar-refractivity contribution is -0.139. The molecule has 1 aromatic rings. The van der Waals surface area contributed by atoms with Gasteiger partial charge in [0.25, 0.3) is 0 Å². The number of hydrogen-bond donors (Lipinski definition) is 1. The SMILES string of the molecule is O=C(O)CC1(CCc2cc(Cl)cc3c2OCC3)CCCC1. The number of aryl methyl sites for hydroxylation is 1. The number of carbonyl (C=O) groups is 1. The van der Waals surface area contributed by atoms with E-state index in [1.54, 1.807) is 0 Å². The summed E-state index contributed by atoms with van der Waals surface area (Å²) >= 11 is 6.19. The molecule has 1 heterocycles. The van der Waals surface area contributed by atoms with Crippen molar-refractivity contribution in [3.05, 3.63) is 28.3 Å². The Labute approximate surface area is 130 Å². The molecular weight excluding hydrogens is 288 g/mol. The van der Waals surface area contributed by atoms with E-state index < -0.39 is 5.97 Å². The molecule has 114 valence electrons. The summed E-state index contributed by atoms with van der Waals surface area (Å²) in [5.74, 6) is 0.312. The Morgan fingerprint density at radius 1 is 1.33 bits per heavy atom. The molecule has 0 amide bonds. The van der Waals surface area contributed by atoms with E-state index in [0.29, 0.717) is 0 Å². The van der Waals surface area contributed by atoms with Gasteiger partial charge in [-0.05, 0) is 54.4 Å². The van der Waals surface area contributed by atoms with Crippen molar-refractivity contribution < 1.29 is 14.6 Å². The lowest BCUT2D eigenvalue weighted by atomic mass is 9.77. The quantitative estimate of drug-likeness (QED) is 0.885. The summed E-state index contributed by atoms with van der Waals surface area (Å²) in [7, 11) is 0. The highest BCUT2D eigenvalue weighted by Gasteiger charge is 2.36. The van der Waals surface area contributed by atoms with Gasteiger partial charge >= 0.3 is 5.97 Å². The molecule has 4 heteroatoms. The topological polar surface area (TPSA) is 46.5 Å². The van der Waals surface area contributed by atoms with Crippen LogP contribution in [0.4, 0.5) is 0 Å². The molecule has 1 aromatic carbocycles. The monoisotopic (exact) mass is 308 g/mol. The van der Waals surface area contributed by atoms with Crippen molar-refractivity contribution in [1.82, 2.24) is 0 Å². The summed E-state index contributed by atoms with van der Waals surface area (Å²) in [6.45, 7) is 0.725. The molecule has 21 heavy (non-hydrogen) atoms. The van der Waals surface area contributed by atoms with E-state index in [9.17, 15) is 9.90 Å². The Balaban J connectivity index is 1.76. The van der Waals surface area contributed by atoms with E-state index >= 15 is 0 Å². The number of ether oxygens (including phenoxy) is 1. The fourth-order valence-corrected chi connectivity index (χ4v) is 4.16. The molecule has 0 spiro atoms. The van der Waals surface area contributed by atoms with Gasteiger partial charge in [0.05, 0.1) is 13.0 Å². The van der Waals surface area contributed by atoms with Crippen LogP contribution < -0.4 is 4.74 Å². The zero-order chi connectivity index (χ0) is 14.9. The molecule has 0 radical (unpaired) electrons. The fourth-order valence-electron chi connectivity index (χ4n) is 3.89. The third kappa shape index (κ3) is 3.18. The molecule has 0 atom stereocenters. The lowest BCUT2D eigenvalue weighted by Gasteiger charge is -2.27. The predicted octanol–water partition coefficient (Wildman–Crippen LogP) is 4.24. The molecule has 0 aromatic heterocycles. The molecule has 0 bridgehead atoms. The minimum Gasteiger partial charge on any atom is -0.493 e. The van der Waals surface area contributed by atoms with Crippen molar-refractivity contribution in [3.63, 3.8) is 0 Å². The smallest absolute Gasteiger partial charge is 0.303 e. The van der Waals surface area contributed by atoms with Crippen molar-refractivity contribution in [2.24, 2.45) is 5.41 Å². The van der Waals surface area contributed by atoms with Gasteiger partial charge in [0.15, 0.2) is 0 Å². The van der Waals surface area contributed by atoms with Crippen molar-refractivity contribution >= 4 is 17.6 Å². The van der Waals surface area contributed by atoms with E-state index in [1.165, 1.54) is 5.56 Å². The average Bonchev–Trinajstić information content (AvgIpc) is 3.04. The first-order valence-corrected chi connectivity index (χ1v) is 8.12. The number of halogens is 1. The van der Waals surface area contributed by atoms with Crippen LogP contribution >= 0.6 is 11.6 Å². The highest BCUT2D eigenvalue weighted by molar-refractivity contribution is 6.30. The first kappa shape index (κ1) is 14.7. The summed E-state index contributed by atoms with van der Waals surface area (Å²) in [6, 6.07) is 3.96. The largest absolute Gasteiger partial charge is 0.493 e. The lowest BCUT2D eigenvalue weighted by Crippen LogP contribution is -2.21. The predicted molar refractivity (Wildman–Crippen MR) is 82.1 cm³/mol. The number of fused-ring (bicyclic) bond motifs is 1. The third-order valence-electron chi connectivity index (χ3n) is 4.94. The number of aliphatic carboxylic acids is 1. The van der Waals surface area contributed by atoms with E-state index in [1.807, 2.05) is 12.1 Å². The maximum absolute atomic E-state index is 11.2. The van der Waals surface area contributed by atoms with Gasteiger partial charge in [-0.15, -0.1) is 0 Å². The van der Waals surface area contributed by atoms with E-state index in [4.69, 9.17) is 16.3 Å². The van der Waals surface area contributed by atoms with Crippen molar-refractivity contribution in [1.29, 1.82) is 0 Å². The van der Waals surface area contributed by atoms with Crippen LogP contribution in [0.2, 0.25) is 5.02 Å². The van der Waals surface area contributed by atoms with Crippen LogP contribution in [-0.2, 0) is 17.6 Å². The molecule has 3 rings (SSSR count). The number of carboxylic acids is 1. The van der Waals surface area contributed by atoms with Gasteiger partial charge in [0, 0.05) is 11.4 Å². The van der Waals surface area contributed by atoms with Gasteiger partial charge in [-0.2, -0.15) is 0 Å². The van der Waals surface area contributed by atoms with Crippen LogP contribution in [0.5, 0.6) is 5.75 Å². The number of benzene rings is 1. The third-order valence-corrected chi connectivity index (χ3v) is 5.16. The van der Waals surface area contributed by atoms with Gasteiger partial charge in [0.1, 0.15) is 5.75 Å². The van der Waals surface area contributed by atoms with E-state index in [2.05, 4.69) is 0 Å². The first-order chi connectivity index (χ1) is 10.1. The minimum absolute atomic E-state index is 0.0281. The van der Waals surface area contributed by atoms with Crippen LogP contribution in [0.25, 0.3) is 0 Å². The summed E-state index contributed by atoms with van der Waals surface area (Å²) < 4.78 is 5.74. The maximum atomic E-state index is 11.2. The van der Waals surface area contributed by atoms with Crippen LogP contribution in [0.3, 0.4) is 0 Å². The Hall–Kier alpha value is -1.22. The molecule has 1 saturated carbocycles. The van der Waals surface area contributed by atoms with E-state index in [-0.39, 0.29) is 11.8 Å². The summed E-state index contributed by atoms with van der Waals surface area (Å²) in [5, 5.41) is 9.95. The van der Waals surface area contributed by atoms with Crippen LogP contribution in [0.1, 0.15) is 49.7 Å². The second-order valence-electron chi connectivity index (χ2n) is 6.43. The van der Waals surface area contributed by atoms with Crippen LogP contribution in [0, 0.1) is 5.41 Å². The van der Waals surface area contributed by atoms with Gasteiger partial charge in [-0.1, -0.05) is 24.4 Å². The van der Waals surface area contributed by atoms with Gasteiger partial charge < -0.3 is 9.84 Å². The van der Waals surface area contributed by atoms with Crippen molar-refractivity contribution in [2.75, 3.05) is 6.61 Å². The highest BCUT2D eigenvalue weighted by atomic mass is 35.5. The normalized spacial score (nSPS) is 19.3. The Bertz CT molecular complexity index is 547. The van der Waals surface area contributed by atoms with E-state index in [0.717, 1.165) is 67.9 Å². The van der Waals surface area contributed by atoms with Gasteiger partial charge in [-0.25, -0.2) is 0 Å². The summed E-state index contributed by atoms with van der Waals surface area (Å²) in [6.07, 6.45) is 7.34. The molecular formula is C17H21ClO3. The Morgan fingerprint density at radius 2 is 2.10 bits per heavy atom. The minimum atomic E-state index is -0.676. The maximum Gasteiger partial charge on any atom is 0.303 e. The number of hydrogen-bond acceptors (Lipinski definition) is 2. The molecule has 2 aliphatic rings. The number of carboxylic acid groups (broad SMARTS) is 1. The molecule has 1 aliphatic heterocycles. The number of rotatable bonds is 5. The molecule has 1 N–H and O–H groups in total. The van der Waals surface area contributed by atoms with Gasteiger partial charge in [0.2, 0.25) is 0 Å². The summed E-state index contributed by atoms with van der Waals surface area (Å²) in [4.78, 5) is 11.2.